The third-order valence-electron chi connectivity index (χ3n) is 3.97. The summed E-state index contributed by atoms with van der Waals surface area (Å²) >= 11 is 0. The molecule has 0 amide bonds. The number of para-hydroxylation sites is 1. The molecule has 0 fully saturated rings. The van der Waals surface area contributed by atoms with E-state index in [1.807, 2.05) is 6.07 Å². The number of carbonyl (C=O) groups is 1. The second-order valence-corrected chi connectivity index (χ2v) is 5.39. The minimum Gasteiger partial charge on any atom is -0.507 e. The molecule has 0 spiro atoms. The Bertz CT molecular complexity index is 927. The molecule has 1 aromatic heterocycles. The fourth-order valence-corrected chi connectivity index (χ4v) is 2.78. The first kappa shape index (κ1) is 15.8. The van der Waals surface area contributed by atoms with Crippen molar-refractivity contribution in [1.82, 2.24) is 0 Å². The Morgan fingerprint density at radius 1 is 1.12 bits per heavy atom. The molecule has 0 saturated heterocycles. The zero-order valence-corrected chi connectivity index (χ0v) is 13.1. The molecule has 0 aliphatic rings. The van der Waals surface area contributed by atoms with E-state index in [4.69, 9.17) is 9.15 Å². The lowest BCUT2D eigenvalue weighted by Gasteiger charge is -2.17. The summed E-state index contributed by atoms with van der Waals surface area (Å²) < 4.78 is 10.1. The van der Waals surface area contributed by atoms with Gasteiger partial charge in [-0.25, -0.2) is 4.79 Å². The Morgan fingerprint density at radius 3 is 2.50 bits per heavy atom. The predicted molar refractivity (Wildman–Crippen MR) is 89.1 cm³/mol. The van der Waals surface area contributed by atoms with Crippen LogP contribution in [0.5, 0.6) is 5.75 Å². The number of ether oxygens (including phenoxy) is 1. The highest BCUT2D eigenvalue weighted by Crippen LogP contribution is 2.36. The lowest BCUT2D eigenvalue weighted by Crippen LogP contribution is -2.18. The number of hydrogen-bond donors (Lipinski definition) is 1. The van der Waals surface area contributed by atoms with Crippen molar-refractivity contribution < 1.29 is 19.1 Å². The molecule has 2 aromatic carbocycles. The van der Waals surface area contributed by atoms with Crippen LogP contribution in [0.4, 0.5) is 0 Å². The molecule has 0 saturated carbocycles. The highest BCUT2D eigenvalue weighted by molar-refractivity contribution is 5.84. The summed E-state index contributed by atoms with van der Waals surface area (Å²) in [4.78, 5) is 24.3. The van der Waals surface area contributed by atoms with Gasteiger partial charge in [0.05, 0.1) is 24.5 Å². The van der Waals surface area contributed by atoms with Gasteiger partial charge in [-0.05, 0) is 17.7 Å². The molecule has 5 heteroatoms. The fourth-order valence-electron chi connectivity index (χ4n) is 2.78. The highest BCUT2D eigenvalue weighted by Gasteiger charge is 2.27. The van der Waals surface area contributed by atoms with Crippen LogP contribution in [-0.4, -0.2) is 18.2 Å². The lowest BCUT2D eigenvalue weighted by molar-refractivity contribution is -0.140. The molecule has 1 N–H and O–H groups in total. The van der Waals surface area contributed by atoms with E-state index in [2.05, 4.69) is 0 Å². The molecule has 5 nitrogen and oxygen atoms in total. The molecule has 1 atom stereocenters. The van der Waals surface area contributed by atoms with Gasteiger partial charge in [-0.2, -0.15) is 0 Å². The number of carbonyl (C=O) groups excluding carboxylic acids is 1. The van der Waals surface area contributed by atoms with Crippen molar-refractivity contribution >= 4 is 16.9 Å². The van der Waals surface area contributed by atoms with Gasteiger partial charge in [0.15, 0.2) is 0 Å². The van der Waals surface area contributed by atoms with Crippen LogP contribution < -0.4 is 5.63 Å². The third kappa shape index (κ3) is 2.88. The van der Waals surface area contributed by atoms with E-state index in [1.54, 1.807) is 48.5 Å². The summed E-state index contributed by atoms with van der Waals surface area (Å²) in [5.41, 5.74) is 0.420. The summed E-state index contributed by atoms with van der Waals surface area (Å²) in [5, 5.41) is 11.1. The van der Waals surface area contributed by atoms with E-state index < -0.39 is 17.5 Å². The predicted octanol–water partition coefficient (Wildman–Crippen LogP) is 3.19. The maximum atomic E-state index is 12.5. The summed E-state index contributed by atoms with van der Waals surface area (Å²) in [6.07, 6.45) is -0.0722. The first-order valence-electron chi connectivity index (χ1n) is 7.48. The first-order valence-corrected chi connectivity index (χ1v) is 7.48. The molecule has 122 valence electrons. The smallest absolute Gasteiger partial charge is 0.343 e. The molecule has 0 unspecified atom stereocenters. The molecule has 0 aliphatic carbocycles. The monoisotopic (exact) mass is 324 g/mol. The Hall–Kier alpha value is -3.08. The van der Waals surface area contributed by atoms with Gasteiger partial charge in [0.25, 0.3) is 0 Å². The molecule has 0 radical (unpaired) electrons. The number of fused-ring (bicyclic) bond motifs is 1. The summed E-state index contributed by atoms with van der Waals surface area (Å²) in [7, 11) is 1.28. The van der Waals surface area contributed by atoms with Crippen LogP contribution in [0.1, 0.15) is 23.5 Å². The summed E-state index contributed by atoms with van der Waals surface area (Å²) in [6, 6.07) is 15.8. The number of aromatic hydroxyl groups is 1. The first-order chi connectivity index (χ1) is 11.6. The Labute approximate surface area is 138 Å². The van der Waals surface area contributed by atoms with E-state index in [0.29, 0.717) is 11.0 Å². The van der Waals surface area contributed by atoms with Crippen molar-refractivity contribution in [1.29, 1.82) is 0 Å². The largest absolute Gasteiger partial charge is 0.507 e. The van der Waals surface area contributed by atoms with Crippen molar-refractivity contribution in [2.75, 3.05) is 7.11 Å². The fraction of sp³-hybridized carbons (Fsp3) is 0.158. The number of methoxy groups -OCH3 is 1. The molecule has 0 aliphatic heterocycles. The molecular weight excluding hydrogens is 308 g/mol. The van der Waals surface area contributed by atoms with E-state index in [-0.39, 0.29) is 17.7 Å². The topological polar surface area (TPSA) is 76.7 Å². The Kier molecular flexibility index (Phi) is 4.33. The molecule has 3 rings (SSSR count). The SMILES string of the molecule is COC(=O)C[C@@H](c1ccccc1)c1c(O)c2ccccc2oc1=O. The molecule has 1 heterocycles. The summed E-state index contributed by atoms with van der Waals surface area (Å²) in [6.45, 7) is 0. The standard InChI is InChI=1S/C19H16O5/c1-23-16(20)11-14(12-7-3-2-4-8-12)17-18(21)13-9-5-6-10-15(13)24-19(17)22/h2-10,14,21H,11H2,1H3/t14-/m0/s1. The van der Waals surface area contributed by atoms with Crippen LogP contribution in [0.2, 0.25) is 0 Å². The van der Waals surface area contributed by atoms with Gasteiger partial charge < -0.3 is 14.3 Å². The second kappa shape index (κ2) is 6.58. The second-order valence-electron chi connectivity index (χ2n) is 5.39. The minimum absolute atomic E-state index is 0.0605. The van der Waals surface area contributed by atoms with Gasteiger partial charge in [-0.15, -0.1) is 0 Å². The third-order valence-corrected chi connectivity index (χ3v) is 3.97. The number of hydrogen-bond acceptors (Lipinski definition) is 5. The van der Waals surface area contributed by atoms with Crippen molar-refractivity contribution in [2.45, 2.75) is 12.3 Å². The molecular formula is C19H16O5. The number of esters is 1. The lowest BCUT2D eigenvalue weighted by atomic mass is 9.88. The quantitative estimate of drug-likeness (QED) is 0.589. The van der Waals surface area contributed by atoms with Crippen LogP contribution in [0, 0.1) is 0 Å². The average Bonchev–Trinajstić information content (AvgIpc) is 2.61. The number of benzene rings is 2. The molecule has 3 aromatic rings. The van der Waals surface area contributed by atoms with Crippen LogP contribution in [0.15, 0.2) is 63.8 Å². The van der Waals surface area contributed by atoms with E-state index in [1.165, 1.54) is 7.11 Å². The van der Waals surface area contributed by atoms with Crippen LogP contribution in [0.25, 0.3) is 11.0 Å². The van der Waals surface area contributed by atoms with Crippen molar-refractivity contribution in [3.05, 3.63) is 76.1 Å². The van der Waals surface area contributed by atoms with Gasteiger partial charge in [0.2, 0.25) is 0 Å². The Balaban J connectivity index is 2.23. The molecule has 0 bridgehead atoms. The Morgan fingerprint density at radius 2 is 1.79 bits per heavy atom. The minimum atomic E-state index is -0.663. The van der Waals surface area contributed by atoms with Crippen LogP contribution in [-0.2, 0) is 9.53 Å². The van der Waals surface area contributed by atoms with Crippen molar-refractivity contribution in [3.8, 4) is 5.75 Å². The van der Waals surface area contributed by atoms with Crippen LogP contribution >= 0.6 is 0 Å². The van der Waals surface area contributed by atoms with Gasteiger partial charge >= 0.3 is 11.6 Å². The van der Waals surface area contributed by atoms with E-state index in [9.17, 15) is 14.7 Å². The van der Waals surface area contributed by atoms with Crippen molar-refractivity contribution in [3.63, 3.8) is 0 Å². The zero-order chi connectivity index (χ0) is 17.1. The molecule has 24 heavy (non-hydrogen) atoms. The van der Waals surface area contributed by atoms with Crippen LogP contribution in [0.3, 0.4) is 0 Å². The average molecular weight is 324 g/mol. The zero-order valence-electron chi connectivity index (χ0n) is 13.1. The van der Waals surface area contributed by atoms with E-state index >= 15 is 0 Å². The van der Waals surface area contributed by atoms with Gasteiger partial charge in [0.1, 0.15) is 11.3 Å². The normalized spacial score (nSPS) is 12.0. The van der Waals surface area contributed by atoms with Gasteiger partial charge in [-0.1, -0.05) is 42.5 Å². The maximum absolute atomic E-state index is 12.5. The maximum Gasteiger partial charge on any atom is 0.343 e. The van der Waals surface area contributed by atoms with Gasteiger partial charge in [-0.3, -0.25) is 4.79 Å². The summed E-state index contributed by atoms with van der Waals surface area (Å²) in [5.74, 6) is -1.30. The van der Waals surface area contributed by atoms with Crippen molar-refractivity contribution in [2.24, 2.45) is 0 Å². The van der Waals surface area contributed by atoms with E-state index in [0.717, 1.165) is 5.56 Å². The highest BCUT2D eigenvalue weighted by atomic mass is 16.5. The van der Waals surface area contributed by atoms with Gasteiger partial charge in [0, 0.05) is 5.92 Å². The number of rotatable bonds is 4.